The van der Waals surface area contributed by atoms with Gasteiger partial charge in [0.25, 0.3) is 7.82 Å². The molecular formula is C86H152NO8P. The highest BCUT2D eigenvalue weighted by Crippen LogP contribution is 2.38. The summed E-state index contributed by atoms with van der Waals surface area (Å²) in [5, 5.41) is 0. The summed E-state index contributed by atoms with van der Waals surface area (Å²) >= 11 is 0. The first-order chi connectivity index (χ1) is 47.0. The van der Waals surface area contributed by atoms with Gasteiger partial charge in [0.2, 0.25) is 0 Å². The minimum absolute atomic E-state index is 0.0317. The molecule has 2 unspecified atom stereocenters. The minimum atomic E-state index is -4.65. The molecule has 0 bridgehead atoms. The molecule has 0 radical (unpaired) electrons. The second kappa shape index (κ2) is 75.6. The molecule has 0 aromatic rings. The van der Waals surface area contributed by atoms with E-state index in [-0.39, 0.29) is 32.0 Å². The van der Waals surface area contributed by atoms with Gasteiger partial charge in [0.05, 0.1) is 27.7 Å². The van der Waals surface area contributed by atoms with E-state index in [4.69, 9.17) is 18.5 Å². The number of allylic oxidation sites excluding steroid dienone is 20. The molecule has 0 aromatic carbocycles. The van der Waals surface area contributed by atoms with Crippen LogP contribution in [0.2, 0.25) is 0 Å². The fourth-order valence-electron chi connectivity index (χ4n) is 11.4. The molecule has 0 aliphatic carbocycles. The lowest BCUT2D eigenvalue weighted by molar-refractivity contribution is -0.870. The van der Waals surface area contributed by atoms with Crippen LogP contribution in [0.3, 0.4) is 0 Å². The zero-order chi connectivity index (χ0) is 69.7. The largest absolute Gasteiger partial charge is 0.756 e. The van der Waals surface area contributed by atoms with Crippen LogP contribution < -0.4 is 4.89 Å². The summed E-state index contributed by atoms with van der Waals surface area (Å²) in [7, 11) is 1.18. The molecular weight excluding hydrogens is 1210 g/mol. The zero-order valence-corrected chi connectivity index (χ0v) is 64.2. The van der Waals surface area contributed by atoms with Crippen LogP contribution in [0.1, 0.15) is 361 Å². The van der Waals surface area contributed by atoms with Gasteiger partial charge in [-0.25, -0.2) is 0 Å². The van der Waals surface area contributed by atoms with Crippen molar-refractivity contribution >= 4 is 19.8 Å². The van der Waals surface area contributed by atoms with Crippen LogP contribution in [0, 0.1) is 0 Å². The molecule has 0 N–H and O–H groups in total. The molecule has 0 heterocycles. The SMILES string of the molecule is CC/C=C\C/C=C\C/C=C\C/C=C\C/C=C\C/C=C\CCCCCCCCCCCCCCCCCCCCCCCCC(=O)OC(COC(=O)CCCCCCCCCCCCCCCCCCCC/C=C\C/C=C\C/C=C\C/C=C\CC)COP(=O)([O-])OCC[N+](C)(C)C. The summed E-state index contributed by atoms with van der Waals surface area (Å²) in [6.45, 7) is 4.06. The molecule has 0 spiro atoms. The normalized spacial score (nSPS) is 13.7. The van der Waals surface area contributed by atoms with Crippen molar-refractivity contribution in [3.8, 4) is 0 Å². The molecule has 0 saturated heterocycles. The Morgan fingerprint density at radius 3 is 0.833 bits per heavy atom. The topological polar surface area (TPSA) is 111 Å². The van der Waals surface area contributed by atoms with Gasteiger partial charge < -0.3 is 27.9 Å². The van der Waals surface area contributed by atoms with Gasteiger partial charge in [0, 0.05) is 12.8 Å². The quantitative estimate of drug-likeness (QED) is 0.0195. The van der Waals surface area contributed by atoms with Crippen LogP contribution >= 0.6 is 7.82 Å². The Bertz CT molecular complexity index is 2040. The number of esters is 2. The number of hydrogen-bond donors (Lipinski definition) is 0. The number of quaternary nitrogens is 1. The second-order valence-electron chi connectivity index (χ2n) is 28.0. The van der Waals surface area contributed by atoms with E-state index in [0.29, 0.717) is 17.4 Å². The van der Waals surface area contributed by atoms with Gasteiger partial charge in [-0.3, -0.25) is 14.2 Å². The molecule has 96 heavy (non-hydrogen) atoms. The third-order valence-corrected chi connectivity index (χ3v) is 18.4. The number of nitrogens with zero attached hydrogens (tertiary/aromatic N) is 1. The Morgan fingerprint density at radius 2 is 0.562 bits per heavy atom. The average molecular weight is 1360 g/mol. The number of ether oxygens (including phenoxy) is 2. The van der Waals surface area contributed by atoms with Crippen LogP contribution in [0.25, 0.3) is 0 Å². The molecule has 10 heteroatoms. The number of unbranched alkanes of at least 4 members (excludes halogenated alkanes) is 40. The van der Waals surface area contributed by atoms with E-state index >= 15 is 0 Å². The van der Waals surface area contributed by atoms with Crippen LogP contribution in [0.5, 0.6) is 0 Å². The van der Waals surface area contributed by atoms with E-state index in [1.165, 1.54) is 225 Å². The van der Waals surface area contributed by atoms with Crippen LogP contribution in [0.4, 0.5) is 0 Å². The standard InChI is InChI=1S/C86H152NO8P/c1-6-8-10-12-14-16-18-20-22-24-26-28-30-32-34-36-38-39-40-41-42-43-44-45-46-47-49-51-53-55-57-59-61-63-65-67-69-71-73-75-77-79-86(89)95-84(83-94-96(90,91)93-81-80-87(3,4)5)82-92-85(88)78-76-74-72-70-68-66-64-62-60-58-56-54-52-50-48-37-35-33-31-29-27-25-23-21-19-17-15-13-11-9-7-2/h8-11,14-17,20-23,26-29,32,34,38-39,84H,6-7,12-13,18-19,24-25,30-31,33,35-37,40-83H2,1-5H3/b10-8-,11-9-,16-14-,17-15-,22-20-,23-21-,28-26-,29-27-,34-32-,39-38-. The van der Waals surface area contributed by atoms with Crippen molar-refractivity contribution < 1.29 is 42.1 Å². The highest BCUT2D eigenvalue weighted by Gasteiger charge is 2.22. The first-order valence-electron chi connectivity index (χ1n) is 40.2. The molecule has 0 aliphatic heterocycles. The predicted octanol–water partition coefficient (Wildman–Crippen LogP) is 26.3. The van der Waals surface area contributed by atoms with Crippen molar-refractivity contribution in [1.82, 2.24) is 0 Å². The van der Waals surface area contributed by atoms with Gasteiger partial charge in [-0.2, -0.15) is 0 Å². The summed E-state index contributed by atoms with van der Waals surface area (Å²) in [5.74, 6) is -0.818. The Hall–Kier alpha value is -3.59. The van der Waals surface area contributed by atoms with E-state index in [1.807, 2.05) is 21.1 Å². The monoisotopic (exact) mass is 1360 g/mol. The van der Waals surface area contributed by atoms with Crippen molar-refractivity contribution in [3.05, 3.63) is 122 Å². The number of phosphoric ester groups is 1. The third kappa shape index (κ3) is 79.4. The van der Waals surface area contributed by atoms with Crippen molar-refractivity contribution in [1.29, 1.82) is 0 Å². The number of phosphoric acid groups is 1. The first-order valence-corrected chi connectivity index (χ1v) is 41.7. The molecule has 554 valence electrons. The number of carbonyl (C=O) groups excluding carboxylic acids is 2. The summed E-state index contributed by atoms with van der Waals surface area (Å²) in [4.78, 5) is 38.2. The highest BCUT2D eigenvalue weighted by molar-refractivity contribution is 7.45. The maximum absolute atomic E-state index is 12.9. The van der Waals surface area contributed by atoms with Crippen molar-refractivity contribution in [2.45, 2.75) is 367 Å². The lowest BCUT2D eigenvalue weighted by Crippen LogP contribution is -2.37. The summed E-state index contributed by atoms with van der Waals surface area (Å²) < 4.78 is 34.4. The van der Waals surface area contributed by atoms with Crippen LogP contribution in [-0.2, 0) is 32.7 Å². The molecule has 0 amide bonds. The molecule has 0 fully saturated rings. The lowest BCUT2D eigenvalue weighted by atomic mass is 10.0. The number of likely N-dealkylation sites (N-methyl/N-ethyl adjacent to an activating group) is 1. The Morgan fingerprint density at radius 1 is 0.323 bits per heavy atom. The molecule has 0 aromatic heterocycles. The summed E-state index contributed by atoms with van der Waals surface area (Å²) in [6.07, 6.45) is 109. The fourth-order valence-corrected chi connectivity index (χ4v) is 12.2. The first kappa shape index (κ1) is 92.4. The molecule has 0 aliphatic rings. The van der Waals surface area contributed by atoms with Gasteiger partial charge in [0.1, 0.15) is 19.8 Å². The zero-order valence-electron chi connectivity index (χ0n) is 63.3. The Balaban J connectivity index is 3.93. The Kier molecular flexibility index (Phi) is 72.8. The molecule has 0 saturated carbocycles. The maximum Gasteiger partial charge on any atom is 0.306 e. The van der Waals surface area contributed by atoms with E-state index in [2.05, 4.69) is 135 Å². The smallest absolute Gasteiger partial charge is 0.306 e. The number of carbonyl (C=O) groups is 2. The van der Waals surface area contributed by atoms with Gasteiger partial charge in [0.15, 0.2) is 6.10 Å². The van der Waals surface area contributed by atoms with E-state index in [0.717, 1.165) is 103 Å². The van der Waals surface area contributed by atoms with Crippen LogP contribution in [0.15, 0.2) is 122 Å². The van der Waals surface area contributed by atoms with E-state index in [9.17, 15) is 19.0 Å². The molecule has 9 nitrogen and oxygen atoms in total. The highest BCUT2D eigenvalue weighted by atomic mass is 31.2. The molecule has 0 rings (SSSR count). The van der Waals surface area contributed by atoms with Gasteiger partial charge in [-0.1, -0.05) is 367 Å². The summed E-state index contributed by atoms with van der Waals surface area (Å²) in [6, 6.07) is 0. The van der Waals surface area contributed by atoms with Crippen molar-refractivity contribution in [3.63, 3.8) is 0 Å². The average Bonchev–Trinajstić information content (AvgIpc) is 2.54. The van der Waals surface area contributed by atoms with Gasteiger partial charge >= 0.3 is 11.9 Å². The Labute approximate surface area is 594 Å². The fraction of sp³-hybridized carbons (Fsp3) is 0.744. The number of rotatable bonds is 74. The maximum atomic E-state index is 12.9. The van der Waals surface area contributed by atoms with E-state index in [1.54, 1.807) is 0 Å². The predicted molar refractivity (Wildman–Crippen MR) is 415 cm³/mol. The van der Waals surface area contributed by atoms with Crippen molar-refractivity contribution in [2.24, 2.45) is 0 Å². The minimum Gasteiger partial charge on any atom is -0.756 e. The summed E-state index contributed by atoms with van der Waals surface area (Å²) in [5.41, 5.74) is 0. The lowest BCUT2D eigenvalue weighted by Gasteiger charge is -2.28. The van der Waals surface area contributed by atoms with Gasteiger partial charge in [-0.05, 0) is 103 Å². The van der Waals surface area contributed by atoms with E-state index < -0.39 is 26.5 Å². The van der Waals surface area contributed by atoms with Gasteiger partial charge in [-0.15, -0.1) is 0 Å². The van der Waals surface area contributed by atoms with Crippen LogP contribution in [-0.4, -0.2) is 70.0 Å². The number of hydrogen-bond acceptors (Lipinski definition) is 8. The van der Waals surface area contributed by atoms with Crippen molar-refractivity contribution in [2.75, 3.05) is 47.5 Å². The second-order valence-corrected chi connectivity index (χ2v) is 29.4. The molecule has 2 atom stereocenters. The third-order valence-electron chi connectivity index (χ3n) is 17.5.